The molecule has 0 atom stereocenters. The average Bonchev–Trinajstić information content (AvgIpc) is 2.66. The van der Waals surface area contributed by atoms with Gasteiger partial charge in [0.1, 0.15) is 5.76 Å². The van der Waals surface area contributed by atoms with Crippen LogP contribution in [0.15, 0.2) is 21.6 Å². The van der Waals surface area contributed by atoms with Crippen LogP contribution in [0, 0.1) is 0 Å². The first-order valence-electron chi connectivity index (χ1n) is 5.02. The fourth-order valence-electron chi connectivity index (χ4n) is 1.17. The maximum Gasteiger partial charge on any atom is 0.271 e. The molecular formula is C9H15N3O4S. The number of rotatable bonds is 6. The van der Waals surface area contributed by atoms with E-state index in [0.29, 0.717) is 12.3 Å². The molecule has 0 aliphatic rings. The number of likely N-dealkylation sites (N-methyl/N-ethyl adjacent to an activating group) is 1. The van der Waals surface area contributed by atoms with Gasteiger partial charge in [0.2, 0.25) is 11.0 Å². The number of nitrogens with one attached hydrogen (secondary N) is 2. The zero-order chi connectivity index (χ0) is 12.9. The Morgan fingerprint density at radius 1 is 1.47 bits per heavy atom. The molecule has 17 heavy (non-hydrogen) atoms. The first kappa shape index (κ1) is 13.7. The number of carbonyl (C=O) groups excluding carboxylic acids is 1. The van der Waals surface area contributed by atoms with E-state index in [-0.39, 0.29) is 24.1 Å². The highest BCUT2D eigenvalue weighted by Crippen LogP contribution is 2.11. The van der Waals surface area contributed by atoms with E-state index in [0.717, 1.165) is 0 Å². The normalized spacial score (nSPS) is 11.4. The number of primary sulfonamides is 1. The monoisotopic (exact) mass is 261 g/mol. The Hall–Kier alpha value is -1.38. The maximum absolute atomic E-state index is 11.1. The van der Waals surface area contributed by atoms with Crippen LogP contribution in [0.25, 0.3) is 0 Å². The Bertz CT molecular complexity index is 480. The molecule has 0 spiro atoms. The summed E-state index contributed by atoms with van der Waals surface area (Å²) in [6, 6.07) is 2.77. The number of amides is 1. The van der Waals surface area contributed by atoms with Gasteiger partial charge in [0.05, 0.1) is 13.1 Å². The summed E-state index contributed by atoms with van der Waals surface area (Å²) in [5.41, 5.74) is 0. The molecule has 1 aromatic rings. The fourth-order valence-corrected chi connectivity index (χ4v) is 1.65. The van der Waals surface area contributed by atoms with Gasteiger partial charge < -0.3 is 15.1 Å². The number of nitrogens with two attached hydrogens (primary N) is 1. The summed E-state index contributed by atoms with van der Waals surface area (Å²) >= 11 is 0. The summed E-state index contributed by atoms with van der Waals surface area (Å²) in [7, 11) is -3.81. The van der Waals surface area contributed by atoms with Crippen molar-refractivity contribution in [1.82, 2.24) is 10.6 Å². The molecule has 0 aliphatic heterocycles. The second-order valence-electron chi connectivity index (χ2n) is 3.32. The summed E-state index contributed by atoms with van der Waals surface area (Å²) in [5, 5.41) is 10.0. The molecule has 4 N–H and O–H groups in total. The van der Waals surface area contributed by atoms with Crippen molar-refractivity contribution < 1.29 is 17.6 Å². The van der Waals surface area contributed by atoms with Crippen molar-refractivity contribution in [2.45, 2.75) is 18.6 Å². The molecule has 0 saturated heterocycles. The number of hydrogen-bond acceptors (Lipinski definition) is 5. The fraction of sp³-hybridized carbons (Fsp3) is 0.444. The van der Waals surface area contributed by atoms with Gasteiger partial charge in [-0.3, -0.25) is 4.79 Å². The molecule has 1 heterocycles. The van der Waals surface area contributed by atoms with Gasteiger partial charge in [-0.05, 0) is 19.1 Å². The van der Waals surface area contributed by atoms with Gasteiger partial charge in [0.15, 0.2) is 0 Å². The SMILES string of the molecule is CCNC(=O)CNCc1ccc(S(N)(=O)=O)o1. The Morgan fingerprint density at radius 2 is 2.18 bits per heavy atom. The van der Waals surface area contributed by atoms with Gasteiger partial charge in [0.25, 0.3) is 10.0 Å². The molecule has 0 aliphatic carbocycles. The molecule has 1 amide bonds. The Morgan fingerprint density at radius 3 is 2.71 bits per heavy atom. The van der Waals surface area contributed by atoms with Crippen LogP contribution in [0.4, 0.5) is 0 Å². The minimum absolute atomic E-state index is 0.134. The van der Waals surface area contributed by atoms with Crippen molar-refractivity contribution in [3.63, 3.8) is 0 Å². The molecule has 8 heteroatoms. The molecule has 0 fully saturated rings. The van der Waals surface area contributed by atoms with Gasteiger partial charge in [0, 0.05) is 6.54 Å². The third-order valence-corrected chi connectivity index (χ3v) is 2.66. The molecule has 96 valence electrons. The lowest BCUT2D eigenvalue weighted by molar-refractivity contribution is -0.120. The van der Waals surface area contributed by atoms with Crippen LogP contribution < -0.4 is 15.8 Å². The number of sulfonamides is 1. The lowest BCUT2D eigenvalue weighted by Crippen LogP contribution is -2.33. The molecule has 0 unspecified atom stereocenters. The van der Waals surface area contributed by atoms with Gasteiger partial charge >= 0.3 is 0 Å². The Labute approximate surface area is 99.4 Å². The highest BCUT2D eigenvalue weighted by atomic mass is 32.2. The average molecular weight is 261 g/mol. The molecular weight excluding hydrogens is 246 g/mol. The quantitative estimate of drug-likeness (QED) is 0.617. The van der Waals surface area contributed by atoms with Crippen LogP contribution in [-0.4, -0.2) is 27.4 Å². The molecule has 0 radical (unpaired) electrons. The van der Waals surface area contributed by atoms with Crippen molar-refractivity contribution in [2.75, 3.05) is 13.1 Å². The molecule has 0 bridgehead atoms. The van der Waals surface area contributed by atoms with Crippen LogP contribution in [0.5, 0.6) is 0 Å². The predicted molar refractivity (Wildman–Crippen MR) is 60.5 cm³/mol. The van der Waals surface area contributed by atoms with Crippen molar-refractivity contribution in [3.8, 4) is 0 Å². The van der Waals surface area contributed by atoms with Gasteiger partial charge in [-0.1, -0.05) is 0 Å². The van der Waals surface area contributed by atoms with Crippen LogP contribution in [0.2, 0.25) is 0 Å². The number of carbonyl (C=O) groups is 1. The van der Waals surface area contributed by atoms with E-state index in [1.165, 1.54) is 12.1 Å². The van der Waals surface area contributed by atoms with Crippen molar-refractivity contribution in [3.05, 3.63) is 17.9 Å². The second kappa shape index (κ2) is 5.80. The predicted octanol–water partition coefficient (Wildman–Crippen LogP) is -0.847. The first-order valence-corrected chi connectivity index (χ1v) is 6.57. The highest BCUT2D eigenvalue weighted by molar-refractivity contribution is 7.89. The van der Waals surface area contributed by atoms with E-state index in [9.17, 15) is 13.2 Å². The van der Waals surface area contributed by atoms with Crippen LogP contribution in [0.1, 0.15) is 12.7 Å². The minimum Gasteiger partial charge on any atom is -0.447 e. The number of hydrogen-bond donors (Lipinski definition) is 3. The van der Waals surface area contributed by atoms with Crippen molar-refractivity contribution in [1.29, 1.82) is 0 Å². The summed E-state index contributed by atoms with van der Waals surface area (Å²) in [6.07, 6.45) is 0. The van der Waals surface area contributed by atoms with E-state index < -0.39 is 10.0 Å². The Kier molecular flexibility index (Phi) is 4.67. The maximum atomic E-state index is 11.1. The van der Waals surface area contributed by atoms with E-state index in [4.69, 9.17) is 9.56 Å². The lowest BCUT2D eigenvalue weighted by atomic mass is 10.4. The standard InChI is InChI=1S/C9H15N3O4S/c1-2-12-8(13)6-11-5-7-3-4-9(16-7)17(10,14)15/h3-4,11H,2,5-6H2,1H3,(H,12,13)(H2,10,14,15). The molecule has 0 saturated carbocycles. The number of furan rings is 1. The second-order valence-corrected chi connectivity index (χ2v) is 4.82. The van der Waals surface area contributed by atoms with Gasteiger partial charge in [-0.25, -0.2) is 13.6 Å². The van der Waals surface area contributed by atoms with E-state index in [2.05, 4.69) is 10.6 Å². The smallest absolute Gasteiger partial charge is 0.271 e. The third kappa shape index (κ3) is 4.55. The van der Waals surface area contributed by atoms with Crippen molar-refractivity contribution in [2.24, 2.45) is 5.14 Å². The summed E-state index contributed by atoms with van der Waals surface area (Å²) in [5.74, 6) is 0.268. The minimum atomic E-state index is -3.81. The van der Waals surface area contributed by atoms with E-state index in [1.807, 2.05) is 6.92 Å². The van der Waals surface area contributed by atoms with Crippen LogP contribution in [-0.2, 0) is 21.4 Å². The van der Waals surface area contributed by atoms with Crippen LogP contribution >= 0.6 is 0 Å². The Balaban J connectivity index is 2.43. The molecule has 7 nitrogen and oxygen atoms in total. The van der Waals surface area contributed by atoms with Gasteiger partial charge in [-0.15, -0.1) is 0 Å². The molecule has 1 aromatic heterocycles. The lowest BCUT2D eigenvalue weighted by Gasteiger charge is -2.02. The summed E-state index contributed by atoms with van der Waals surface area (Å²) < 4.78 is 26.8. The molecule has 1 rings (SSSR count). The highest BCUT2D eigenvalue weighted by Gasteiger charge is 2.12. The van der Waals surface area contributed by atoms with E-state index in [1.54, 1.807) is 0 Å². The third-order valence-electron chi connectivity index (χ3n) is 1.88. The van der Waals surface area contributed by atoms with Gasteiger partial charge in [-0.2, -0.15) is 0 Å². The van der Waals surface area contributed by atoms with E-state index >= 15 is 0 Å². The molecule has 0 aromatic carbocycles. The van der Waals surface area contributed by atoms with Crippen LogP contribution in [0.3, 0.4) is 0 Å². The first-order chi connectivity index (χ1) is 7.93. The van der Waals surface area contributed by atoms with Crippen molar-refractivity contribution >= 4 is 15.9 Å². The summed E-state index contributed by atoms with van der Waals surface area (Å²) in [6.45, 7) is 2.78. The zero-order valence-electron chi connectivity index (χ0n) is 9.39. The largest absolute Gasteiger partial charge is 0.447 e. The summed E-state index contributed by atoms with van der Waals surface area (Å²) in [4.78, 5) is 11.1. The zero-order valence-corrected chi connectivity index (χ0v) is 10.2. The topological polar surface area (TPSA) is 114 Å².